The summed E-state index contributed by atoms with van der Waals surface area (Å²) in [5.41, 5.74) is 5.44. The number of hydrogen-bond donors (Lipinski definition) is 1. The molecule has 0 unspecified atom stereocenters. The minimum atomic E-state index is -0.699. The van der Waals surface area contributed by atoms with Crippen LogP contribution in [0.3, 0.4) is 0 Å². The molecule has 0 aliphatic carbocycles. The first-order valence-electron chi connectivity index (χ1n) is 8.44. The first-order valence-corrected chi connectivity index (χ1v) is 8.82. The number of benzene rings is 2. The van der Waals surface area contributed by atoms with Gasteiger partial charge in [-0.3, -0.25) is 25.7 Å². The van der Waals surface area contributed by atoms with Crippen molar-refractivity contribution in [2.24, 2.45) is 5.10 Å². The van der Waals surface area contributed by atoms with E-state index in [1.54, 1.807) is 6.07 Å². The van der Waals surface area contributed by atoms with Crippen LogP contribution in [0.25, 0.3) is 5.69 Å². The summed E-state index contributed by atoms with van der Waals surface area (Å²) in [6, 6.07) is 12.7. The molecule has 10 heteroatoms. The second-order valence-corrected chi connectivity index (χ2v) is 6.66. The molecule has 1 N–H and O–H groups in total. The van der Waals surface area contributed by atoms with Gasteiger partial charge in [-0.25, -0.2) is 0 Å². The molecule has 0 aliphatic rings. The van der Waals surface area contributed by atoms with E-state index in [2.05, 4.69) is 10.5 Å². The number of rotatable bonds is 6. The number of aryl methyl sites for hydroxylation is 1. The molecule has 3 aromatic rings. The molecular weight excluding hydrogens is 398 g/mol. The third-order valence-corrected chi connectivity index (χ3v) is 4.55. The summed E-state index contributed by atoms with van der Waals surface area (Å²) in [6.45, 7) is 3.86. The lowest BCUT2D eigenvalue weighted by atomic mass is 10.2. The molecule has 3 rings (SSSR count). The van der Waals surface area contributed by atoms with Gasteiger partial charge >= 0.3 is 5.69 Å². The van der Waals surface area contributed by atoms with E-state index in [0.717, 1.165) is 28.7 Å². The monoisotopic (exact) mass is 413 g/mol. The van der Waals surface area contributed by atoms with E-state index in [1.165, 1.54) is 18.3 Å². The van der Waals surface area contributed by atoms with Gasteiger partial charge < -0.3 is 4.57 Å². The van der Waals surface area contributed by atoms with E-state index in [1.807, 2.05) is 42.7 Å². The second kappa shape index (κ2) is 8.11. The van der Waals surface area contributed by atoms with Crippen molar-refractivity contribution in [3.8, 4) is 5.69 Å². The highest BCUT2D eigenvalue weighted by atomic mass is 35.5. The smallest absolute Gasteiger partial charge is 0.301 e. The molecule has 0 saturated heterocycles. The van der Waals surface area contributed by atoms with Crippen LogP contribution in [0, 0.1) is 34.1 Å². The van der Waals surface area contributed by atoms with Crippen LogP contribution in [0.5, 0.6) is 0 Å². The van der Waals surface area contributed by atoms with Crippen molar-refractivity contribution in [3.63, 3.8) is 0 Å². The van der Waals surface area contributed by atoms with Crippen LogP contribution in [0.4, 0.5) is 17.1 Å². The molecule has 1 heterocycles. The summed E-state index contributed by atoms with van der Waals surface area (Å²) in [6.07, 6.45) is 1.54. The number of hydrazone groups is 1. The summed E-state index contributed by atoms with van der Waals surface area (Å²) < 4.78 is 2.02. The molecule has 0 bridgehead atoms. The van der Waals surface area contributed by atoms with Crippen molar-refractivity contribution in [3.05, 3.63) is 90.7 Å². The van der Waals surface area contributed by atoms with Crippen LogP contribution in [-0.2, 0) is 0 Å². The first kappa shape index (κ1) is 20.0. The molecule has 0 radical (unpaired) electrons. The molecule has 0 spiro atoms. The van der Waals surface area contributed by atoms with Crippen molar-refractivity contribution in [1.29, 1.82) is 0 Å². The van der Waals surface area contributed by atoms with Gasteiger partial charge in [0, 0.05) is 33.7 Å². The van der Waals surface area contributed by atoms with Gasteiger partial charge in [0.2, 0.25) is 0 Å². The molecule has 0 saturated carbocycles. The summed E-state index contributed by atoms with van der Waals surface area (Å²) in [5, 5.41) is 26.7. The van der Waals surface area contributed by atoms with Gasteiger partial charge in [-0.15, -0.1) is 0 Å². The van der Waals surface area contributed by atoms with Gasteiger partial charge in [0.05, 0.1) is 22.1 Å². The Labute approximate surface area is 170 Å². The number of non-ortho nitro benzene ring substituents is 1. The molecule has 0 fully saturated rings. The van der Waals surface area contributed by atoms with Crippen molar-refractivity contribution < 1.29 is 9.85 Å². The molecule has 29 heavy (non-hydrogen) atoms. The Morgan fingerprint density at radius 3 is 2.48 bits per heavy atom. The van der Waals surface area contributed by atoms with Crippen LogP contribution in [-0.4, -0.2) is 20.6 Å². The molecule has 0 amide bonds. The lowest BCUT2D eigenvalue weighted by Crippen LogP contribution is -2.00. The predicted octanol–water partition coefficient (Wildman–Crippen LogP) is 5.01. The number of halogens is 1. The van der Waals surface area contributed by atoms with Crippen molar-refractivity contribution >= 4 is 34.9 Å². The number of aromatic nitrogens is 1. The molecule has 9 nitrogen and oxygen atoms in total. The fourth-order valence-corrected chi connectivity index (χ4v) is 3.17. The third kappa shape index (κ3) is 4.25. The van der Waals surface area contributed by atoms with E-state index >= 15 is 0 Å². The van der Waals surface area contributed by atoms with E-state index < -0.39 is 15.5 Å². The highest BCUT2D eigenvalue weighted by Gasteiger charge is 2.19. The zero-order valence-corrected chi connectivity index (χ0v) is 16.3. The van der Waals surface area contributed by atoms with Gasteiger partial charge in [0.1, 0.15) is 5.69 Å². The highest BCUT2D eigenvalue weighted by Crippen LogP contribution is 2.29. The number of nitrogens with zero attached hydrogens (tertiary/aromatic N) is 4. The lowest BCUT2D eigenvalue weighted by Gasteiger charge is -2.09. The topological polar surface area (TPSA) is 116 Å². The van der Waals surface area contributed by atoms with Gasteiger partial charge in [0.15, 0.2) is 0 Å². The fraction of sp³-hybridized carbons (Fsp3) is 0.105. The molecule has 0 aliphatic heterocycles. The van der Waals surface area contributed by atoms with Crippen LogP contribution < -0.4 is 5.43 Å². The maximum atomic E-state index is 11.2. The molecule has 148 valence electrons. The average Bonchev–Trinajstić information content (AvgIpc) is 2.95. The van der Waals surface area contributed by atoms with E-state index in [4.69, 9.17) is 11.6 Å². The van der Waals surface area contributed by atoms with E-state index in [0.29, 0.717) is 5.02 Å². The Morgan fingerprint density at radius 2 is 1.83 bits per heavy atom. The van der Waals surface area contributed by atoms with Gasteiger partial charge in [-0.05, 0) is 44.2 Å². The maximum absolute atomic E-state index is 11.2. The molecule has 2 aromatic carbocycles. The van der Waals surface area contributed by atoms with Gasteiger partial charge in [-0.1, -0.05) is 17.7 Å². The van der Waals surface area contributed by atoms with Gasteiger partial charge in [0.25, 0.3) is 5.69 Å². The zero-order chi connectivity index (χ0) is 21.1. The Kier molecular flexibility index (Phi) is 5.60. The summed E-state index contributed by atoms with van der Waals surface area (Å²) in [5.74, 6) is 0. The predicted molar refractivity (Wildman–Crippen MR) is 111 cm³/mol. The highest BCUT2D eigenvalue weighted by molar-refractivity contribution is 6.30. The minimum absolute atomic E-state index is 0.0560. The maximum Gasteiger partial charge on any atom is 0.301 e. The Morgan fingerprint density at radius 1 is 1.07 bits per heavy atom. The normalized spacial score (nSPS) is 11.0. The van der Waals surface area contributed by atoms with Crippen molar-refractivity contribution in [2.45, 2.75) is 13.8 Å². The molecular formula is C19H16ClN5O4. The number of anilines is 1. The summed E-state index contributed by atoms with van der Waals surface area (Å²) in [7, 11) is 0. The van der Waals surface area contributed by atoms with Crippen LogP contribution in [0.15, 0.2) is 53.6 Å². The first-order chi connectivity index (χ1) is 13.8. The fourth-order valence-electron chi connectivity index (χ4n) is 2.98. The number of nitrogens with one attached hydrogen (secondary N) is 1. The number of nitro benzene ring substituents is 2. The van der Waals surface area contributed by atoms with Crippen molar-refractivity contribution in [1.82, 2.24) is 4.57 Å². The number of hydrogen-bond acceptors (Lipinski definition) is 6. The van der Waals surface area contributed by atoms with E-state index in [9.17, 15) is 20.2 Å². The zero-order valence-electron chi connectivity index (χ0n) is 15.5. The Balaban J connectivity index is 1.88. The van der Waals surface area contributed by atoms with Crippen LogP contribution in [0.2, 0.25) is 5.02 Å². The average molecular weight is 414 g/mol. The van der Waals surface area contributed by atoms with Crippen molar-refractivity contribution in [2.75, 3.05) is 5.43 Å². The Bertz CT molecular complexity index is 1140. The minimum Gasteiger partial charge on any atom is -0.318 e. The summed E-state index contributed by atoms with van der Waals surface area (Å²) in [4.78, 5) is 20.6. The van der Waals surface area contributed by atoms with E-state index in [-0.39, 0.29) is 11.4 Å². The summed E-state index contributed by atoms with van der Waals surface area (Å²) >= 11 is 6.08. The van der Waals surface area contributed by atoms with Crippen LogP contribution in [0.1, 0.15) is 17.0 Å². The molecule has 1 aromatic heterocycles. The third-order valence-electron chi connectivity index (χ3n) is 4.31. The SMILES string of the molecule is Cc1cc(/C=N\Nc2ccc([N+](=O)[O-])cc2[N+](=O)[O-])c(C)n1-c1cccc(Cl)c1. The van der Waals surface area contributed by atoms with Gasteiger partial charge in [-0.2, -0.15) is 5.10 Å². The second-order valence-electron chi connectivity index (χ2n) is 6.23. The van der Waals surface area contributed by atoms with Crippen LogP contribution >= 0.6 is 11.6 Å². The standard InChI is InChI=1S/C19H16ClN5O4/c1-12-8-14(13(2)23(12)16-5-3-4-15(20)9-16)11-21-22-18-7-6-17(24(26)27)10-19(18)25(28)29/h3-11,22H,1-2H3/b21-11-. The molecule has 0 atom stereocenters. The Hall–Kier alpha value is -3.72. The quantitative estimate of drug-likeness (QED) is 0.346. The number of nitro groups is 2. The largest absolute Gasteiger partial charge is 0.318 e. The lowest BCUT2D eigenvalue weighted by molar-refractivity contribution is -0.393.